The van der Waals surface area contributed by atoms with Gasteiger partial charge in [0.1, 0.15) is 5.82 Å². The summed E-state index contributed by atoms with van der Waals surface area (Å²) in [6, 6.07) is 4.90. The minimum Gasteiger partial charge on any atom is -0.350 e. The van der Waals surface area contributed by atoms with Crippen LogP contribution in [0.5, 0.6) is 0 Å². The average molecular weight is 412 g/mol. The van der Waals surface area contributed by atoms with Crippen molar-refractivity contribution in [2.45, 2.75) is 19.4 Å². The van der Waals surface area contributed by atoms with Crippen LogP contribution in [0.25, 0.3) is 10.9 Å². The lowest BCUT2D eigenvalue weighted by molar-refractivity contribution is 0.0705. The Labute approximate surface area is 173 Å². The molecule has 30 heavy (non-hydrogen) atoms. The molecule has 8 nitrogen and oxygen atoms in total. The molecule has 0 spiro atoms. The van der Waals surface area contributed by atoms with Gasteiger partial charge < -0.3 is 14.8 Å². The lowest BCUT2D eigenvalue weighted by Crippen LogP contribution is -2.38. The highest BCUT2D eigenvalue weighted by molar-refractivity contribution is 5.92. The molecule has 1 aliphatic rings. The van der Waals surface area contributed by atoms with Crippen LogP contribution in [0.15, 0.2) is 36.8 Å². The number of hydrogen-bond acceptors (Lipinski definition) is 6. The molecule has 4 rings (SSSR count). The van der Waals surface area contributed by atoms with Crippen LogP contribution in [0.4, 0.5) is 10.3 Å². The molecule has 3 aromatic rings. The van der Waals surface area contributed by atoms with E-state index in [1.54, 1.807) is 11.5 Å². The van der Waals surface area contributed by atoms with Crippen LogP contribution in [0, 0.1) is 11.7 Å². The predicted molar refractivity (Wildman–Crippen MR) is 111 cm³/mol. The van der Waals surface area contributed by atoms with Gasteiger partial charge in [-0.05, 0) is 49.1 Å². The van der Waals surface area contributed by atoms with E-state index in [1.165, 1.54) is 18.5 Å². The zero-order valence-corrected chi connectivity index (χ0v) is 16.8. The maximum Gasteiger partial charge on any atom is 0.277 e. The number of anilines is 1. The second-order valence-corrected chi connectivity index (χ2v) is 7.70. The van der Waals surface area contributed by atoms with Crippen molar-refractivity contribution in [2.75, 3.05) is 24.5 Å². The summed E-state index contributed by atoms with van der Waals surface area (Å²) in [5, 5.41) is 13.1. The summed E-state index contributed by atoms with van der Waals surface area (Å²) in [6.45, 7) is 3.29. The number of carbonyl (C=O) groups is 1. The zero-order chi connectivity index (χ0) is 21.1. The maximum atomic E-state index is 13.6. The normalized spacial score (nSPS) is 15.0. The molecule has 3 N–H and O–H groups in total. The first-order valence-electron chi connectivity index (χ1n) is 10.0. The van der Waals surface area contributed by atoms with Gasteiger partial charge in [-0.15, -0.1) is 0 Å². The van der Waals surface area contributed by atoms with Crippen LogP contribution >= 0.6 is 0 Å². The predicted octanol–water partition coefficient (Wildman–Crippen LogP) is 2.23. The van der Waals surface area contributed by atoms with Crippen LogP contribution < -0.4 is 15.7 Å². The summed E-state index contributed by atoms with van der Waals surface area (Å²) in [5.74, 6) is 0.302. The number of piperidine rings is 1. The van der Waals surface area contributed by atoms with E-state index in [-0.39, 0.29) is 11.4 Å². The third kappa shape index (κ3) is 4.27. The molecule has 1 amide bonds. The fraction of sp³-hybridized carbons (Fsp3) is 0.381. The number of halogens is 1. The summed E-state index contributed by atoms with van der Waals surface area (Å²) < 4.78 is 15.6. The summed E-state index contributed by atoms with van der Waals surface area (Å²) in [7, 11) is 1.98. The summed E-state index contributed by atoms with van der Waals surface area (Å²) in [4.78, 5) is 21.9. The Morgan fingerprint density at radius 2 is 2.00 bits per heavy atom. The minimum absolute atomic E-state index is 0.213. The highest BCUT2D eigenvalue weighted by Gasteiger charge is 2.21. The minimum atomic E-state index is -0.625. The zero-order valence-electron chi connectivity index (χ0n) is 16.8. The number of rotatable bonds is 6. The molecule has 1 fully saturated rings. The third-order valence-electron chi connectivity index (χ3n) is 5.68. The van der Waals surface area contributed by atoms with Crippen LogP contribution in [-0.4, -0.2) is 45.3 Å². The van der Waals surface area contributed by atoms with Gasteiger partial charge in [-0.2, -0.15) is 0 Å². The van der Waals surface area contributed by atoms with E-state index < -0.39 is 5.91 Å². The van der Waals surface area contributed by atoms with Gasteiger partial charge in [0.15, 0.2) is 0 Å². The number of nitrogens with one attached hydrogen (secondary N) is 2. The first-order valence-corrected chi connectivity index (χ1v) is 10.0. The van der Waals surface area contributed by atoms with Gasteiger partial charge in [-0.1, -0.05) is 0 Å². The van der Waals surface area contributed by atoms with E-state index in [9.17, 15) is 9.18 Å². The molecule has 1 saturated heterocycles. The second-order valence-electron chi connectivity index (χ2n) is 7.70. The standard InChI is InChI=1S/C21H25FN6O2/c1-27-13-16(18-8-17(22)2-3-19(18)27)10-23-9-14-4-6-28(7-5-14)21-24-11-15(12-25-21)20(29)26-30/h2-3,8,11-14,23,30H,4-7,9-10H2,1H3,(H,26,29). The number of fused-ring (bicyclic) bond motifs is 1. The summed E-state index contributed by atoms with van der Waals surface area (Å²) in [5.41, 5.74) is 3.92. The molecule has 0 radical (unpaired) electrons. The van der Waals surface area contributed by atoms with Crippen LogP contribution in [0.2, 0.25) is 0 Å². The molecule has 0 bridgehead atoms. The number of benzene rings is 1. The van der Waals surface area contributed by atoms with Crippen molar-refractivity contribution in [1.29, 1.82) is 0 Å². The fourth-order valence-corrected chi connectivity index (χ4v) is 4.00. The highest BCUT2D eigenvalue weighted by Crippen LogP contribution is 2.23. The number of aromatic nitrogens is 3. The van der Waals surface area contributed by atoms with Crippen LogP contribution in [0.1, 0.15) is 28.8 Å². The molecule has 1 aromatic carbocycles. The Bertz CT molecular complexity index is 1030. The van der Waals surface area contributed by atoms with Crippen LogP contribution in [0.3, 0.4) is 0 Å². The van der Waals surface area contributed by atoms with E-state index in [2.05, 4.69) is 26.4 Å². The molecule has 3 heterocycles. The SMILES string of the molecule is Cn1cc(CNCC2CCN(c3ncc(C(=O)NO)cn3)CC2)c2cc(F)ccc21. The summed E-state index contributed by atoms with van der Waals surface area (Å²) in [6.07, 6.45) is 6.90. The highest BCUT2D eigenvalue weighted by atomic mass is 19.1. The van der Waals surface area contributed by atoms with Crippen molar-refractivity contribution >= 4 is 22.8 Å². The van der Waals surface area contributed by atoms with E-state index >= 15 is 0 Å². The monoisotopic (exact) mass is 412 g/mol. The van der Waals surface area contributed by atoms with Crippen molar-refractivity contribution in [2.24, 2.45) is 13.0 Å². The molecule has 158 valence electrons. The van der Waals surface area contributed by atoms with E-state index in [1.807, 2.05) is 17.7 Å². The van der Waals surface area contributed by atoms with Gasteiger partial charge in [0.05, 0.1) is 5.56 Å². The lowest BCUT2D eigenvalue weighted by atomic mass is 9.97. The van der Waals surface area contributed by atoms with Gasteiger partial charge in [0.25, 0.3) is 5.91 Å². The van der Waals surface area contributed by atoms with E-state index in [0.717, 1.165) is 48.9 Å². The van der Waals surface area contributed by atoms with Crippen molar-refractivity contribution in [3.63, 3.8) is 0 Å². The number of hydrogen-bond donors (Lipinski definition) is 3. The van der Waals surface area contributed by atoms with Gasteiger partial charge in [-0.3, -0.25) is 10.0 Å². The average Bonchev–Trinajstić information content (AvgIpc) is 3.08. The quantitative estimate of drug-likeness (QED) is 0.425. The first kappa shape index (κ1) is 20.2. The number of carbonyl (C=O) groups excluding carboxylic acids is 1. The van der Waals surface area contributed by atoms with Gasteiger partial charge >= 0.3 is 0 Å². The topological polar surface area (TPSA) is 95.3 Å². The van der Waals surface area contributed by atoms with Crippen molar-refractivity contribution in [3.05, 3.63) is 53.7 Å². The number of amides is 1. The molecule has 2 aromatic heterocycles. The number of nitrogens with zero attached hydrogens (tertiary/aromatic N) is 4. The molecular weight excluding hydrogens is 387 g/mol. The second kappa shape index (κ2) is 8.76. The van der Waals surface area contributed by atoms with Gasteiger partial charge in [-0.25, -0.2) is 19.8 Å². The Morgan fingerprint density at radius 1 is 1.27 bits per heavy atom. The Kier molecular flexibility index (Phi) is 5.91. The largest absolute Gasteiger partial charge is 0.350 e. The molecule has 0 saturated carbocycles. The van der Waals surface area contributed by atoms with Gasteiger partial charge in [0.2, 0.25) is 5.95 Å². The Hall–Kier alpha value is -3.04. The molecule has 0 unspecified atom stereocenters. The Morgan fingerprint density at radius 3 is 2.70 bits per heavy atom. The van der Waals surface area contributed by atoms with Crippen molar-refractivity contribution in [3.8, 4) is 0 Å². The number of hydroxylamine groups is 1. The third-order valence-corrected chi connectivity index (χ3v) is 5.68. The molecule has 0 aliphatic carbocycles. The van der Waals surface area contributed by atoms with E-state index in [4.69, 9.17) is 5.21 Å². The maximum absolute atomic E-state index is 13.6. The number of aryl methyl sites for hydroxylation is 1. The summed E-state index contributed by atoms with van der Waals surface area (Å²) >= 11 is 0. The molecular formula is C21H25FN6O2. The molecule has 1 aliphatic heterocycles. The van der Waals surface area contributed by atoms with Crippen LogP contribution in [-0.2, 0) is 13.6 Å². The fourth-order valence-electron chi connectivity index (χ4n) is 4.00. The molecule has 9 heteroatoms. The molecule has 0 atom stereocenters. The Balaban J connectivity index is 1.27. The van der Waals surface area contributed by atoms with Gasteiger partial charge in [0, 0.05) is 56.2 Å². The van der Waals surface area contributed by atoms with Crippen molar-refractivity contribution < 1.29 is 14.4 Å². The first-order chi connectivity index (χ1) is 14.5. The lowest BCUT2D eigenvalue weighted by Gasteiger charge is -2.32. The smallest absolute Gasteiger partial charge is 0.277 e. The van der Waals surface area contributed by atoms with Crippen molar-refractivity contribution in [1.82, 2.24) is 25.3 Å². The van der Waals surface area contributed by atoms with E-state index in [0.29, 0.717) is 18.4 Å².